The SMILES string of the molecule is CC1=C(C(=O)Nc2cc(C(F)(F)F)ccc2Cl)[C@H](c2ccco2)C(C#N)=C(SCC(=O)NC2CCCCC2)N1. The van der Waals surface area contributed by atoms with Gasteiger partial charge in [0, 0.05) is 11.7 Å². The molecule has 7 nitrogen and oxygen atoms in total. The summed E-state index contributed by atoms with van der Waals surface area (Å²) >= 11 is 7.22. The zero-order valence-corrected chi connectivity index (χ0v) is 22.5. The first kappa shape index (κ1) is 28.6. The molecule has 0 spiro atoms. The molecule has 1 saturated carbocycles. The fraction of sp³-hybridized carbons (Fsp3) is 0.370. The summed E-state index contributed by atoms with van der Waals surface area (Å²) in [5, 5.41) is 18.9. The van der Waals surface area contributed by atoms with Crippen LogP contribution in [0.15, 0.2) is 62.9 Å². The van der Waals surface area contributed by atoms with Crippen LogP contribution in [0, 0.1) is 11.3 Å². The van der Waals surface area contributed by atoms with Crippen molar-refractivity contribution in [2.45, 2.75) is 57.2 Å². The van der Waals surface area contributed by atoms with Crippen LogP contribution in [-0.2, 0) is 15.8 Å². The van der Waals surface area contributed by atoms with Gasteiger partial charge in [0.1, 0.15) is 5.76 Å². The van der Waals surface area contributed by atoms with Crippen LogP contribution < -0.4 is 16.0 Å². The molecule has 2 aromatic rings. The van der Waals surface area contributed by atoms with Gasteiger partial charge in [0.25, 0.3) is 5.91 Å². The Morgan fingerprint density at radius 1 is 1.23 bits per heavy atom. The van der Waals surface area contributed by atoms with Crippen molar-refractivity contribution >= 4 is 40.9 Å². The van der Waals surface area contributed by atoms with Gasteiger partial charge in [-0.25, -0.2) is 0 Å². The highest BCUT2D eigenvalue weighted by Gasteiger charge is 2.37. The minimum absolute atomic E-state index is 0.0591. The molecular weight excluding hydrogens is 553 g/mol. The molecule has 1 atom stereocenters. The number of nitriles is 1. The average Bonchev–Trinajstić information content (AvgIpc) is 3.43. The first-order chi connectivity index (χ1) is 18.6. The molecule has 12 heteroatoms. The third kappa shape index (κ3) is 6.81. The van der Waals surface area contributed by atoms with E-state index in [1.54, 1.807) is 19.1 Å². The lowest BCUT2D eigenvalue weighted by Gasteiger charge is -2.28. The number of hydrogen-bond donors (Lipinski definition) is 3. The predicted molar refractivity (Wildman–Crippen MR) is 142 cm³/mol. The summed E-state index contributed by atoms with van der Waals surface area (Å²) in [6, 6.07) is 8.10. The van der Waals surface area contributed by atoms with Crippen molar-refractivity contribution in [3.63, 3.8) is 0 Å². The number of rotatable bonds is 7. The lowest BCUT2D eigenvalue weighted by molar-refractivity contribution is -0.137. The van der Waals surface area contributed by atoms with E-state index in [0.29, 0.717) is 10.7 Å². The van der Waals surface area contributed by atoms with Gasteiger partial charge >= 0.3 is 6.18 Å². The van der Waals surface area contributed by atoms with Gasteiger partial charge in [-0.3, -0.25) is 9.59 Å². The van der Waals surface area contributed by atoms with Gasteiger partial charge in [-0.1, -0.05) is 42.6 Å². The number of amides is 2. The monoisotopic (exact) mass is 578 g/mol. The highest BCUT2D eigenvalue weighted by Crippen LogP contribution is 2.42. The number of nitrogens with one attached hydrogen (secondary N) is 3. The van der Waals surface area contributed by atoms with Crippen molar-refractivity contribution in [2.24, 2.45) is 0 Å². The van der Waals surface area contributed by atoms with Crippen LogP contribution >= 0.6 is 23.4 Å². The second-order valence-corrected chi connectivity index (χ2v) is 10.7. The summed E-state index contributed by atoms with van der Waals surface area (Å²) < 4.78 is 45.3. The van der Waals surface area contributed by atoms with Crippen LogP contribution in [0.4, 0.5) is 18.9 Å². The molecule has 2 amide bonds. The molecule has 2 heterocycles. The largest absolute Gasteiger partial charge is 0.468 e. The van der Waals surface area contributed by atoms with Crippen LogP contribution in [-0.4, -0.2) is 23.6 Å². The number of thioether (sulfide) groups is 1. The number of anilines is 1. The summed E-state index contributed by atoms with van der Waals surface area (Å²) in [6.45, 7) is 1.61. The van der Waals surface area contributed by atoms with Gasteiger partial charge in [-0.2, -0.15) is 18.4 Å². The molecule has 0 unspecified atom stereocenters. The van der Waals surface area contributed by atoms with E-state index >= 15 is 0 Å². The number of carbonyl (C=O) groups excluding carboxylic acids is 2. The Balaban J connectivity index is 1.59. The lowest BCUT2D eigenvalue weighted by atomic mass is 9.85. The second-order valence-electron chi connectivity index (χ2n) is 9.30. The number of carbonyl (C=O) groups is 2. The molecule has 39 heavy (non-hydrogen) atoms. The molecule has 4 rings (SSSR count). The molecule has 1 aromatic heterocycles. The molecule has 1 aliphatic heterocycles. The lowest BCUT2D eigenvalue weighted by Crippen LogP contribution is -2.37. The number of benzene rings is 1. The Bertz CT molecular complexity index is 1340. The normalized spacial score (nSPS) is 18.4. The van der Waals surface area contributed by atoms with Gasteiger partial charge in [0.2, 0.25) is 5.91 Å². The van der Waals surface area contributed by atoms with Gasteiger partial charge in [-0.05, 0) is 50.1 Å². The van der Waals surface area contributed by atoms with Crippen LogP contribution in [0.3, 0.4) is 0 Å². The van der Waals surface area contributed by atoms with E-state index in [2.05, 4.69) is 22.0 Å². The molecule has 1 aromatic carbocycles. The first-order valence-corrected chi connectivity index (χ1v) is 13.7. The van der Waals surface area contributed by atoms with E-state index in [0.717, 1.165) is 55.6 Å². The fourth-order valence-electron chi connectivity index (χ4n) is 4.71. The summed E-state index contributed by atoms with van der Waals surface area (Å²) in [4.78, 5) is 26.1. The van der Waals surface area contributed by atoms with E-state index in [1.165, 1.54) is 12.7 Å². The highest BCUT2D eigenvalue weighted by atomic mass is 35.5. The summed E-state index contributed by atoms with van der Waals surface area (Å²) in [5.74, 6) is -1.52. The van der Waals surface area contributed by atoms with Gasteiger partial charge in [0.15, 0.2) is 0 Å². The maximum absolute atomic E-state index is 13.5. The average molecular weight is 579 g/mol. The zero-order valence-electron chi connectivity index (χ0n) is 21.0. The highest BCUT2D eigenvalue weighted by molar-refractivity contribution is 8.03. The van der Waals surface area contributed by atoms with Crippen LogP contribution in [0.1, 0.15) is 56.3 Å². The van der Waals surface area contributed by atoms with Crippen molar-refractivity contribution in [3.8, 4) is 6.07 Å². The van der Waals surface area contributed by atoms with Crippen molar-refractivity contribution in [1.82, 2.24) is 10.6 Å². The Morgan fingerprint density at radius 3 is 2.62 bits per heavy atom. The van der Waals surface area contributed by atoms with Crippen molar-refractivity contribution in [3.05, 3.63) is 74.8 Å². The number of halogens is 4. The van der Waals surface area contributed by atoms with E-state index in [1.807, 2.05) is 0 Å². The Kier molecular flexibility index (Phi) is 8.97. The van der Waals surface area contributed by atoms with Gasteiger partial charge in [-0.15, -0.1) is 0 Å². The van der Waals surface area contributed by atoms with E-state index < -0.39 is 23.6 Å². The number of allylic oxidation sites excluding steroid dienone is 2. The van der Waals surface area contributed by atoms with Crippen LogP contribution in [0.5, 0.6) is 0 Å². The molecule has 2 aliphatic rings. The molecular formula is C27H26ClF3N4O3S. The maximum atomic E-state index is 13.5. The minimum atomic E-state index is -4.63. The Hall–Kier alpha value is -3.36. The van der Waals surface area contributed by atoms with E-state index in [-0.39, 0.29) is 45.3 Å². The standard InChI is InChI=1S/C27H26ClF3N4O3S/c1-15-23(25(37)35-20-12-16(27(29,30)31)9-10-19(20)28)24(21-8-5-11-38-21)18(13-32)26(33-15)39-14-22(36)34-17-6-3-2-4-7-17/h5,8-12,17,24,33H,2-4,6-7,14H2,1H3,(H,34,36)(H,35,37)/t24-/m0/s1. The van der Waals surface area contributed by atoms with Crippen molar-refractivity contribution in [1.29, 1.82) is 5.26 Å². The molecule has 1 fully saturated rings. The zero-order chi connectivity index (χ0) is 28.2. The summed E-state index contributed by atoms with van der Waals surface area (Å²) in [5.41, 5.74) is -0.624. The van der Waals surface area contributed by atoms with Gasteiger partial charge in [0.05, 0.1) is 56.5 Å². The molecule has 0 radical (unpaired) electrons. The topological polar surface area (TPSA) is 107 Å². The molecule has 3 N–H and O–H groups in total. The van der Waals surface area contributed by atoms with Crippen molar-refractivity contribution < 1.29 is 27.2 Å². The van der Waals surface area contributed by atoms with Crippen LogP contribution in [0.25, 0.3) is 0 Å². The quantitative estimate of drug-likeness (QED) is 0.348. The first-order valence-electron chi connectivity index (χ1n) is 12.3. The molecule has 1 aliphatic carbocycles. The van der Waals surface area contributed by atoms with Crippen molar-refractivity contribution in [2.75, 3.05) is 11.1 Å². The maximum Gasteiger partial charge on any atom is 0.416 e. The Morgan fingerprint density at radius 2 is 1.97 bits per heavy atom. The summed E-state index contributed by atoms with van der Waals surface area (Å²) in [7, 11) is 0. The minimum Gasteiger partial charge on any atom is -0.468 e. The van der Waals surface area contributed by atoms with E-state index in [4.69, 9.17) is 16.0 Å². The van der Waals surface area contributed by atoms with Gasteiger partial charge < -0.3 is 20.4 Å². The summed E-state index contributed by atoms with van der Waals surface area (Å²) in [6.07, 6.45) is 1.97. The number of nitrogens with zero attached hydrogens (tertiary/aromatic N) is 1. The fourth-order valence-corrected chi connectivity index (χ4v) is 5.78. The second kappa shape index (κ2) is 12.2. The number of alkyl halides is 3. The number of hydrogen-bond acceptors (Lipinski definition) is 6. The smallest absolute Gasteiger partial charge is 0.416 e. The van der Waals surface area contributed by atoms with Crippen LogP contribution in [0.2, 0.25) is 5.02 Å². The third-order valence-corrected chi connectivity index (χ3v) is 7.93. The predicted octanol–water partition coefficient (Wildman–Crippen LogP) is 6.47. The van der Waals surface area contributed by atoms with E-state index in [9.17, 15) is 28.0 Å². The number of dihydropyridines is 1. The number of furan rings is 1. The molecule has 206 valence electrons. The molecule has 0 bridgehead atoms. The molecule has 0 saturated heterocycles. The Labute approximate surface area is 232 Å². The third-order valence-electron chi connectivity index (χ3n) is 6.58.